The average molecular weight is 395 g/mol. The number of aliphatic hydroxyl groups excluding tert-OH is 2. The van der Waals surface area contributed by atoms with Crippen LogP contribution >= 0.6 is 31.9 Å². The Balaban J connectivity index is 2.44. The molecule has 0 aromatic rings. The van der Waals surface area contributed by atoms with Crippen molar-refractivity contribution >= 4 is 37.8 Å². The first-order valence-corrected chi connectivity index (χ1v) is 7.19. The summed E-state index contributed by atoms with van der Waals surface area (Å²) in [4.78, 5) is 11.6. The third kappa shape index (κ3) is 2.40. The lowest BCUT2D eigenvalue weighted by Gasteiger charge is -2.29. The SMILES string of the molecule is COC(=O)C1=CC2C(Br)=C(CO)C(CO)=C(Br)C2N1. The molecule has 7 heteroatoms. The standard InChI is InChI=1S/C12H13Br2NO4/c1-19-12(18)8-2-5-9(13)6(3-16)7(4-17)10(14)11(5)15-8/h2,5,11,15-17H,3-4H2,1H3. The molecule has 104 valence electrons. The van der Waals surface area contributed by atoms with E-state index in [-0.39, 0.29) is 25.2 Å². The van der Waals surface area contributed by atoms with Crippen LogP contribution in [-0.4, -0.2) is 42.5 Å². The molecular weight excluding hydrogens is 382 g/mol. The molecule has 0 saturated heterocycles. The summed E-state index contributed by atoms with van der Waals surface area (Å²) in [5.74, 6) is -0.549. The van der Waals surface area contributed by atoms with Crippen molar-refractivity contribution in [2.24, 2.45) is 5.92 Å². The van der Waals surface area contributed by atoms with Gasteiger partial charge in [-0.25, -0.2) is 4.79 Å². The van der Waals surface area contributed by atoms with Crippen molar-refractivity contribution in [2.75, 3.05) is 20.3 Å². The molecule has 2 unspecified atom stereocenters. The number of hydrogen-bond acceptors (Lipinski definition) is 5. The zero-order valence-corrected chi connectivity index (χ0v) is 13.3. The van der Waals surface area contributed by atoms with Crippen LogP contribution in [0.2, 0.25) is 0 Å². The number of aliphatic hydroxyl groups is 2. The molecule has 19 heavy (non-hydrogen) atoms. The second-order valence-electron chi connectivity index (χ2n) is 4.19. The van der Waals surface area contributed by atoms with Crippen LogP contribution in [0.3, 0.4) is 0 Å². The van der Waals surface area contributed by atoms with Crippen molar-refractivity contribution in [1.29, 1.82) is 0 Å². The second kappa shape index (κ2) is 5.78. The quantitative estimate of drug-likeness (QED) is 0.620. The first-order valence-electron chi connectivity index (χ1n) is 5.61. The molecule has 3 N–H and O–H groups in total. The van der Waals surface area contributed by atoms with Gasteiger partial charge in [0.05, 0.1) is 26.4 Å². The number of ether oxygens (including phenoxy) is 1. The highest BCUT2D eigenvalue weighted by Gasteiger charge is 2.39. The van der Waals surface area contributed by atoms with Gasteiger partial charge in [-0.3, -0.25) is 0 Å². The number of halogens is 2. The highest BCUT2D eigenvalue weighted by Crippen LogP contribution is 2.43. The van der Waals surface area contributed by atoms with Gasteiger partial charge in [0, 0.05) is 14.9 Å². The van der Waals surface area contributed by atoms with E-state index in [4.69, 9.17) is 0 Å². The van der Waals surface area contributed by atoms with Crippen molar-refractivity contribution < 1.29 is 19.7 Å². The Labute approximate surface area is 127 Å². The number of rotatable bonds is 3. The van der Waals surface area contributed by atoms with E-state index in [1.807, 2.05) is 0 Å². The van der Waals surface area contributed by atoms with Gasteiger partial charge in [-0.1, -0.05) is 31.9 Å². The van der Waals surface area contributed by atoms with Gasteiger partial charge in [0.1, 0.15) is 5.70 Å². The Hall–Kier alpha value is -0.630. The number of fused-ring (bicyclic) bond motifs is 1. The molecule has 0 spiro atoms. The third-order valence-corrected chi connectivity index (χ3v) is 5.22. The Morgan fingerprint density at radius 2 is 1.89 bits per heavy atom. The molecule has 0 bridgehead atoms. The predicted molar refractivity (Wildman–Crippen MR) is 76.6 cm³/mol. The van der Waals surface area contributed by atoms with Gasteiger partial charge < -0.3 is 20.3 Å². The largest absolute Gasteiger partial charge is 0.464 e. The number of nitrogens with one attached hydrogen (secondary N) is 1. The minimum Gasteiger partial charge on any atom is -0.464 e. The Kier molecular flexibility index (Phi) is 4.50. The van der Waals surface area contributed by atoms with E-state index in [0.29, 0.717) is 16.8 Å². The van der Waals surface area contributed by atoms with E-state index >= 15 is 0 Å². The van der Waals surface area contributed by atoms with Crippen LogP contribution < -0.4 is 5.32 Å². The number of carbonyl (C=O) groups excluding carboxylic acids is 1. The Morgan fingerprint density at radius 1 is 1.32 bits per heavy atom. The van der Waals surface area contributed by atoms with Gasteiger partial charge in [0.15, 0.2) is 0 Å². The molecule has 1 aliphatic carbocycles. The second-order valence-corrected chi connectivity index (χ2v) is 5.90. The number of methoxy groups -OCH3 is 1. The lowest BCUT2D eigenvalue weighted by Crippen LogP contribution is -2.35. The molecule has 2 rings (SSSR count). The molecule has 0 saturated carbocycles. The van der Waals surface area contributed by atoms with E-state index in [1.54, 1.807) is 6.08 Å². The van der Waals surface area contributed by atoms with E-state index in [2.05, 4.69) is 41.9 Å². The molecule has 2 aliphatic rings. The smallest absolute Gasteiger partial charge is 0.353 e. The summed E-state index contributed by atoms with van der Waals surface area (Å²) in [7, 11) is 1.32. The third-order valence-electron chi connectivity index (χ3n) is 3.24. The summed E-state index contributed by atoms with van der Waals surface area (Å²) < 4.78 is 6.19. The van der Waals surface area contributed by atoms with Crippen LogP contribution in [0.15, 0.2) is 31.9 Å². The summed E-state index contributed by atoms with van der Waals surface area (Å²) in [5.41, 5.74) is 1.64. The maximum atomic E-state index is 11.6. The molecule has 0 aromatic carbocycles. The molecule has 1 heterocycles. The highest BCUT2D eigenvalue weighted by atomic mass is 79.9. The monoisotopic (exact) mass is 393 g/mol. The number of hydrogen-bond donors (Lipinski definition) is 3. The Morgan fingerprint density at radius 3 is 2.42 bits per heavy atom. The average Bonchev–Trinajstić information content (AvgIpc) is 2.87. The van der Waals surface area contributed by atoms with Gasteiger partial charge >= 0.3 is 5.97 Å². The maximum Gasteiger partial charge on any atom is 0.353 e. The van der Waals surface area contributed by atoms with Gasteiger partial charge in [-0.05, 0) is 17.2 Å². The number of carbonyl (C=O) groups is 1. The van der Waals surface area contributed by atoms with Crippen LogP contribution in [-0.2, 0) is 9.53 Å². The van der Waals surface area contributed by atoms with Crippen LogP contribution in [0.5, 0.6) is 0 Å². The zero-order valence-electron chi connectivity index (χ0n) is 10.1. The minimum absolute atomic E-state index is 0.110. The molecule has 0 amide bonds. The molecule has 0 radical (unpaired) electrons. The number of esters is 1. The van der Waals surface area contributed by atoms with Crippen molar-refractivity contribution in [3.63, 3.8) is 0 Å². The summed E-state index contributed by atoms with van der Waals surface area (Å²) >= 11 is 6.88. The molecule has 2 atom stereocenters. The van der Waals surface area contributed by atoms with Gasteiger partial charge in [0.2, 0.25) is 0 Å². The van der Waals surface area contributed by atoms with E-state index < -0.39 is 5.97 Å². The molecular formula is C12H13Br2NO4. The van der Waals surface area contributed by atoms with Gasteiger partial charge in [-0.15, -0.1) is 0 Å². The maximum absolute atomic E-state index is 11.6. The van der Waals surface area contributed by atoms with Crippen LogP contribution in [0.25, 0.3) is 0 Å². The fourth-order valence-electron chi connectivity index (χ4n) is 2.28. The first-order chi connectivity index (χ1) is 9.04. The predicted octanol–water partition coefficient (Wildman–Crippen LogP) is 0.927. The zero-order chi connectivity index (χ0) is 14.2. The summed E-state index contributed by atoms with van der Waals surface area (Å²) in [5, 5.41) is 21.9. The normalized spacial score (nSPS) is 26.1. The fraction of sp³-hybridized carbons (Fsp3) is 0.417. The van der Waals surface area contributed by atoms with Crippen LogP contribution in [0.1, 0.15) is 0 Å². The van der Waals surface area contributed by atoms with E-state index in [1.165, 1.54) is 7.11 Å². The van der Waals surface area contributed by atoms with Crippen molar-refractivity contribution in [1.82, 2.24) is 5.32 Å². The highest BCUT2D eigenvalue weighted by molar-refractivity contribution is 9.12. The van der Waals surface area contributed by atoms with Gasteiger partial charge in [-0.2, -0.15) is 0 Å². The minimum atomic E-state index is -0.439. The summed E-state index contributed by atoms with van der Waals surface area (Å²) in [6, 6.07) is -0.180. The van der Waals surface area contributed by atoms with Gasteiger partial charge in [0.25, 0.3) is 0 Å². The van der Waals surface area contributed by atoms with E-state index in [9.17, 15) is 15.0 Å². The fourth-order valence-corrected chi connectivity index (χ4v) is 3.80. The van der Waals surface area contributed by atoms with Crippen molar-refractivity contribution in [2.45, 2.75) is 6.04 Å². The van der Waals surface area contributed by atoms with Crippen molar-refractivity contribution in [3.8, 4) is 0 Å². The molecule has 0 fully saturated rings. The summed E-state index contributed by atoms with van der Waals surface area (Å²) in [6.45, 7) is -0.375. The Bertz CT molecular complexity index is 510. The molecule has 1 aliphatic heterocycles. The summed E-state index contributed by atoms with van der Waals surface area (Å²) in [6.07, 6.45) is 1.76. The topological polar surface area (TPSA) is 78.8 Å². The van der Waals surface area contributed by atoms with Crippen molar-refractivity contribution in [3.05, 3.63) is 31.9 Å². The molecule has 5 nitrogen and oxygen atoms in total. The lowest BCUT2D eigenvalue weighted by molar-refractivity contribution is -0.136. The first kappa shape index (κ1) is 14.8. The molecule has 0 aromatic heterocycles. The van der Waals surface area contributed by atoms with Crippen LogP contribution in [0, 0.1) is 5.92 Å². The van der Waals surface area contributed by atoms with Crippen LogP contribution in [0.4, 0.5) is 0 Å². The lowest BCUT2D eigenvalue weighted by atomic mass is 9.88. The van der Waals surface area contributed by atoms with E-state index in [0.717, 1.165) is 8.96 Å².